The Hall–Kier alpha value is -1.54. The van der Waals surface area contributed by atoms with Crippen LogP contribution in [-0.2, 0) is 0 Å². The van der Waals surface area contributed by atoms with Crippen LogP contribution < -0.4 is 10.1 Å². The second-order valence-electron chi connectivity index (χ2n) is 6.87. The molecule has 0 aliphatic carbocycles. The van der Waals surface area contributed by atoms with E-state index in [1.54, 1.807) is 0 Å². The summed E-state index contributed by atoms with van der Waals surface area (Å²) < 4.78 is 6.21. The predicted molar refractivity (Wildman–Crippen MR) is 91.0 cm³/mol. The van der Waals surface area contributed by atoms with Crippen LogP contribution in [0.2, 0.25) is 0 Å². The van der Waals surface area contributed by atoms with E-state index in [1.165, 1.54) is 16.3 Å². The van der Waals surface area contributed by atoms with Gasteiger partial charge in [0.2, 0.25) is 0 Å². The number of hydrogen-bond donors (Lipinski definition) is 1. The maximum atomic E-state index is 6.21. The van der Waals surface area contributed by atoms with Gasteiger partial charge in [0.05, 0.1) is 6.61 Å². The standard InChI is InChI=1S/C19H27NO/c1-14(20-5)16-11-10-15-8-6-7-9-17(15)18(16)21-13-12-19(2,3)4/h6-11,14,20H,12-13H2,1-5H3. The van der Waals surface area contributed by atoms with E-state index in [1.807, 2.05) is 7.05 Å². The first-order chi connectivity index (χ1) is 9.92. The summed E-state index contributed by atoms with van der Waals surface area (Å²) in [6, 6.07) is 13.1. The molecule has 2 heteroatoms. The molecule has 0 aliphatic heterocycles. The van der Waals surface area contributed by atoms with Crippen LogP contribution in [0.4, 0.5) is 0 Å². The Kier molecular flexibility index (Phi) is 4.89. The van der Waals surface area contributed by atoms with E-state index >= 15 is 0 Å². The quantitative estimate of drug-likeness (QED) is 0.840. The molecule has 0 heterocycles. The number of fused-ring (bicyclic) bond motifs is 1. The van der Waals surface area contributed by atoms with Crippen molar-refractivity contribution < 1.29 is 4.74 Å². The van der Waals surface area contributed by atoms with E-state index in [-0.39, 0.29) is 6.04 Å². The number of rotatable bonds is 5. The van der Waals surface area contributed by atoms with Gasteiger partial charge in [-0.3, -0.25) is 0 Å². The van der Waals surface area contributed by atoms with Crippen molar-refractivity contribution in [3.05, 3.63) is 42.0 Å². The third-order valence-corrected chi connectivity index (χ3v) is 3.91. The van der Waals surface area contributed by atoms with Crippen LogP contribution in [-0.4, -0.2) is 13.7 Å². The molecule has 0 amide bonds. The van der Waals surface area contributed by atoms with Gasteiger partial charge in [-0.1, -0.05) is 57.2 Å². The van der Waals surface area contributed by atoms with Gasteiger partial charge < -0.3 is 10.1 Å². The topological polar surface area (TPSA) is 21.3 Å². The molecule has 0 saturated heterocycles. The monoisotopic (exact) mass is 285 g/mol. The molecule has 0 aliphatic rings. The molecule has 2 rings (SSSR count). The summed E-state index contributed by atoms with van der Waals surface area (Å²) in [4.78, 5) is 0. The van der Waals surface area contributed by atoms with Crippen LogP contribution >= 0.6 is 0 Å². The van der Waals surface area contributed by atoms with Crippen LogP contribution in [0.25, 0.3) is 10.8 Å². The van der Waals surface area contributed by atoms with Crippen molar-refractivity contribution >= 4 is 10.8 Å². The molecule has 0 spiro atoms. The van der Waals surface area contributed by atoms with Gasteiger partial charge in [-0.05, 0) is 31.2 Å². The van der Waals surface area contributed by atoms with E-state index in [9.17, 15) is 0 Å². The highest BCUT2D eigenvalue weighted by Crippen LogP contribution is 2.34. The lowest BCUT2D eigenvalue weighted by Crippen LogP contribution is -2.16. The second kappa shape index (κ2) is 6.48. The van der Waals surface area contributed by atoms with E-state index in [0.29, 0.717) is 5.41 Å². The summed E-state index contributed by atoms with van der Waals surface area (Å²) in [5, 5.41) is 5.74. The Balaban J connectivity index is 2.36. The van der Waals surface area contributed by atoms with Crippen LogP contribution in [0.5, 0.6) is 5.75 Å². The number of nitrogens with one attached hydrogen (secondary N) is 1. The Morgan fingerprint density at radius 1 is 1.10 bits per heavy atom. The van der Waals surface area contributed by atoms with E-state index < -0.39 is 0 Å². The average molecular weight is 285 g/mol. The molecule has 0 bridgehead atoms. The highest BCUT2D eigenvalue weighted by molar-refractivity contribution is 5.89. The van der Waals surface area contributed by atoms with Crippen LogP contribution in [0.15, 0.2) is 36.4 Å². The molecule has 0 saturated carbocycles. The Bertz CT molecular complexity index is 598. The Morgan fingerprint density at radius 2 is 1.81 bits per heavy atom. The summed E-state index contributed by atoms with van der Waals surface area (Å²) in [6.45, 7) is 9.66. The Morgan fingerprint density at radius 3 is 2.48 bits per heavy atom. The molecule has 0 radical (unpaired) electrons. The minimum absolute atomic E-state index is 0.277. The molecule has 0 fully saturated rings. The molecule has 2 nitrogen and oxygen atoms in total. The molecule has 2 aromatic carbocycles. The van der Waals surface area contributed by atoms with Crippen LogP contribution in [0.3, 0.4) is 0 Å². The van der Waals surface area contributed by atoms with E-state index in [0.717, 1.165) is 18.8 Å². The fourth-order valence-electron chi connectivity index (χ4n) is 2.38. The highest BCUT2D eigenvalue weighted by Gasteiger charge is 2.15. The molecule has 1 N–H and O–H groups in total. The maximum absolute atomic E-state index is 6.21. The summed E-state index contributed by atoms with van der Waals surface area (Å²) in [7, 11) is 1.98. The molecule has 1 atom stereocenters. The minimum atomic E-state index is 0.277. The van der Waals surface area contributed by atoms with E-state index in [4.69, 9.17) is 4.74 Å². The Labute approximate surface area is 128 Å². The lowest BCUT2D eigenvalue weighted by atomic mass is 9.93. The third kappa shape index (κ3) is 3.98. The summed E-state index contributed by atoms with van der Waals surface area (Å²) in [5.74, 6) is 1.03. The molecular formula is C19H27NO. The average Bonchev–Trinajstić information content (AvgIpc) is 2.45. The highest BCUT2D eigenvalue weighted by atomic mass is 16.5. The van der Waals surface area contributed by atoms with Gasteiger partial charge in [-0.15, -0.1) is 0 Å². The fourth-order valence-corrected chi connectivity index (χ4v) is 2.38. The first kappa shape index (κ1) is 15.8. The van der Waals surface area contributed by atoms with Crippen LogP contribution in [0, 0.1) is 5.41 Å². The van der Waals surface area contributed by atoms with Gasteiger partial charge in [-0.2, -0.15) is 0 Å². The first-order valence-electron chi connectivity index (χ1n) is 7.74. The third-order valence-electron chi connectivity index (χ3n) is 3.91. The van der Waals surface area contributed by atoms with Crippen molar-refractivity contribution in [3.63, 3.8) is 0 Å². The largest absolute Gasteiger partial charge is 0.493 e. The van der Waals surface area contributed by atoms with Gasteiger partial charge in [-0.25, -0.2) is 0 Å². The van der Waals surface area contributed by atoms with Crippen molar-refractivity contribution in [1.29, 1.82) is 0 Å². The van der Waals surface area contributed by atoms with Crippen molar-refractivity contribution in [3.8, 4) is 5.75 Å². The lowest BCUT2D eigenvalue weighted by molar-refractivity contribution is 0.242. The van der Waals surface area contributed by atoms with Crippen molar-refractivity contribution in [1.82, 2.24) is 5.32 Å². The molecular weight excluding hydrogens is 258 g/mol. The van der Waals surface area contributed by atoms with E-state index in [2.05, 4.69) is 69.4 Å². The first-order valence-corrected chi connectivity index (χ1v) is 7.74. The van der Waals surface area contributed by atoms with Crippen LogP contribution in [0.1, 0.15) is 45.7 Å². The zero-order valence-corrected chi connectivity index (χ0v) is 13.9. The zero-order chi connectivity index (χ0) is 15.5. The molecule has 1 unspecified atom stereocenters. The van der Waals surface area contributed by atoms with Crippen molar-refractivity contribution in [2.75, 3.05) is 13.7 Å². The van der Waals surface area contributed by atoms with Crippen molar-refractivity contribution in [2.45, 2.75) is 40.2 Å². The molecule has 114 valence electrons. The minimum Gasteiger partial charge on any atom is -0.493 e. The predicted octanol–water partition coefficient (Wildman–Crippen LogP) is 4.94. The number of benzene rings is 2. The molecule has 0 aromatic heterocycles. The van der Waals surface area contributed by atoms with Gasteiger partial charge in [0.25, 0.3) is 0 Å². The van der Waals surface area contributed by atoms with Gasteiger partial charge in [0, 0.05) is 17.0 Å². The lowest BCUT2D eigenvalue weighted by Gasteiger charge is -2.22. The maximum Gasteiger partial charge on any atom is 0.131 e. The SMILES string of the molecule is CNC(C)c1ccc2ccccc2c1OCCC(C)(C)C. The molecule has 21 heavy (non-hydrogen) atoms. The van der Waals surface area contributed by atoms with Gasteiger partial charge in [0.15, 0.2) is 0 Å². The van der Waals surface area contributed by atoms with Gasteiger partial charge in [0.1, 0.15) is 5.75 Å². The summed E-state index contributed by atoms with van der Waals surface area (Å²) in [6.07, 6.45) is 1.05. The summed E-state index contributed by atoms with van der Waals surface area (Å²) >= 11 is 0. The zero-order valence-electron chi connectivity index (χ0n) is 13.9. The summed E-state index contributed by atoms with van der Waals surface area (Å²) in [5.41, 5.74) is 1.52. The fraction of sp³-hybridized carbons (Fsp3) is 0.474. The second-order valence-corrected chi connectivity index (χ2v) is 6.87. The van der Waals surface area contributed by atoms with Gasteiger partial charge >= 0.3 is 0 Å². The normalized spacial score (nSPS) is 13.4. The molecule has 2 aromatic rings. The van der Waals surface area contributed by atoms with Crippen molar-refractivity contribution in [2.24, 2.45) is 5.41 Å². The smallest absolute Gasteiger partial charge is 0.131 e. The number of ether oxygens (including phenoxy) is 1. The number of hydrogen-bond acceptors (Lipinski definition) is 2.